The Kier molecular flexibility index (Phi) is 5.02. The summed E-state index contributed by atoms with van der Waals surface area (Å²) in [5, 5.41) is 7.01. The molecule has 1 aliphatic heterocycles. The number of aryl methyl sites for hydroxylation is 1. The number of hydrogen-bond donors (Lipinski definition) is 1. The van der Waals surface area contributed by atoms with Crippen LogP contribution in [-0.2, 0) is 11.8 Å². The number of ether oxygens (including phenoxy) is 1. The second kappa shape index (κ2) is 7.38. The highest BCUT2D eigenvalue weighted by Gasteiger charge is 2.25. The van der Waals surface area contributed by atoms with Crippen LogP contribution < -0.4 is 20.5 Å². The number of aromatic nitrogens is 2. The zero-order chi connectivity index (χ0) is 17.8. The molecule has 25 heavy (non-hydrogen) atoms. The lowest BCUT2D eigenvalue weighted by Gasteiger charge is -2.32. The zero-order valence-corrected chi connectivity index (χ0v) is 14.4. The first-order valence-electron chi connectivity index (χ1n) is 8.30. The van der Waals surface area contributed by atoms with Gasteiger partial charge in [0.25, 0.3) is 5.56 Å². The van der Waals surface area contributed by atoms with Crippen LogP contribution in [0, 0.1) is 5.92 Å². The van der Waals surface area contributed by atoms with Gasteiger partial charge in [0.15, 0.2) is 0 Å². The average Bonchev–Trinajstić information content (AvgIpc) is 2.65. The fraction of sp³-hybridized carbons (Fsp3) is 0.389. The van der Waals surface area contributed by atoms with E-state index < -0.39 is 0 Å². The number of piperidine rings is 1. The van der Waals surface area contributed by atoms with Gasteiger partial charge in [0.1, 0.15) is 5.75 Å². The van der Waals surface area contributed by atoms with Gasteiger partial charge in [-0.15, -0.1) is 0 Å². The molecule has 0 spiro atoms. The molecule has 2 heterocycles. The summed E-state index contributed by atoms with van der Waals surface area (Å²) in [6, 6.07) is 8.89. The molecule has 0 radical (unpaired) electrons. The normalized spacial score (nSPS) is 15.0. The van der Waals surface area contributed by atoms with Crippen LogP contribution in [0.1, 0.15) is 12.8 Å². The van der Waals surface area contributed by atoms with Crippen molar-refractivity contribution in [3.63, 3.8) is 0 Å². The first-order valence-corrected chi connectivity index (χ1v) is 8.30. The predicted molar refractivity (Wildman–Crippen MR) is 96.0 cm³/mol. The standard InChI is InChI=1S/C18H22N4O3/c1-21-17(23)11-15(12-19-21)22-9-7-13(8-10-22)18(24)20-14-3-5-16(25-2)6-4-14/h3-6,11-13H,7-10H2,1-2H3,(H,20,24). The first kappa shape index (κ1) is 17.0. The summed E-state index contributed by atoms with van der Waals surface area (Å²) in [6.45, 7) is 1.46. The largest absolute Gasteiger partial charge is 0.497 e. The predicted octanol–water partition coefficient (Wildman–Crippen LogP) is 1.64. The second-order valence-electron chi connectivity index (χ2n) is 6.15. The van der Waals surface area contributed by atoms with Crippen molar-refractivity contribution in [3.8, 4) is 5.75 Å². The van der Waals surface area contributed by atoms with Crippen molar-refractivity contribution in [3.05, 3.63) is 46.9 Å². The number of benzene rings is 1. The van der Waals surface area contributed by atoms with Crippen LogP contribution in [0.4, 0.5) is 11.4 Å². The van der Waals surface area contributed by atoms with E-state index in [-0.39, 0.29) is 17.4 Å². The van der Waals surface area contributed by atoms with Crippen LogP contribution in [-0.4, -0.2) is 35.9 Å². The summed E-state index contributed by atoms with van der Waals surface area (Å²) in [6.07, 6.45) is 3.19. The number of carbonyl (C=O) groups excluding carboxylic acids is 1. The molecule has 2 aromatic rings. The van der Waals surface area contributed by atoms with Gasteiger partial charge in [-0.3, -0.25) is 9.59 Å². The Morgan fingerprint density at radius 3 is 2.52 bits per heavy atom. The minimum Gasteiger partial charge on any atom is -0.497 e. The number of nitrogens with zero attached hydrogens (tertiary/aromatic N) is 3. The molecule has 132 valence electrons. The lowest BCUT2D eigenvalue weighted by Crippen LogP contribution is -2.39. The van der Waals surface area contributed by atoms with Crippen molar-refractivity contribution >= 4 is 17.3 Å². The molecule has 0 aliphatic carbocycles. The molecule has 0 bridgehead atoms. The smallest absolute Gasteiger partial charge is 0.268 e. The Morgan fingerprint density at radius 2 is 1.92 bits per heavy atom. The van der Waals surface area contributed by atoms with Gasteiger partial charge in [0, 0.05) is 37.8 Å². The summed E-state index contributed by atoms with van der Waals surface area (Å²) >= 11 is 0. The topological polar surface area (TPSA) is 76.5 Å². The van der Waals surface area contributed by atoms with Crippen LogP contribution in [0.3, 0.4) is 0 Å². The summed E-state index contributed by atoms with van der Waals surface area (Å²) in [5.74, 6) is 0.763. The number of anilines is 2. The molecule has 7 nitrogen and oxygen atoms in total. The number of methoxy groups -OCH3 is 1. The lowest BCUT2D eigenvalue weighted by atomic mass is 9.95. The third kappa shape index (κ3) is 3.99. The second-order valence-corrected chi connectivity index (χ2v) is 6.15. The fourth-order valence-electron chi connectivity index (χ4n) is 2.95. The van der Waals surface area contributed by atoms with Gasteiger partial charge >= 0.3 is 0 Å². The van der Waals surface area contributed by atoms with E-state index in [0.29, 0.717) is 0 Å². The molecule has 0 atom stereocenters. The van der Waals surface area contributed by atoms with E-state index in [9.17, 15) is 9.59 Å². The number of nitrogens with one attached hydrogen (secondary N) is 1. The Balaban J connectivity index is 1.56. The number of amides is 1. The summed E-state index contributed by atoms with van der Waals surface area (Å²) < 4.78 is 6.42. The van der Waals surface area contributed by atoms with Crippen LogP contribution >= 0.6 is 0 Å². The van der Waals surface area contributed by atoms with E-state index in [4.69, 9.17) is 4.74 Å². The van der Waals surface area contributed by atoms with Crippen molar-refractivity contribution < 1.29 is 9.53 Å². The summed E-state index contributed by atoms with van der Waals surface area (Å²) in [4.78, 5) is 26.2. The number of carbonyl (C=O) groups is 1. The third-order valence-electron chi connectivity index (χ3n) is 4.54. The van der Waals surface area contributed by atoms with Crippen molar-refractivity contribution in [2.45, 2.75) is 12.8 Å². The van der Waals surface area contributed by atoms with E-state index in [1.807, 2.05) is 24.3 Å². The molecular weight excluding hydrogens is 320 g/mol. The van der Waals surface area contributed by atoms with Gasteiger partial charge < -0.3 is 15.0 Å². The van der Waals surface area contributed by atoms with Gasteiger partial charge in [-0.05, 0) is 37.1 Å². The Labute approximate surface area is 146 Å². The monoisotopic (exact) mass is 342 g/mol. The van der Waals surface area contributed by atoms with Crippen molar-refractivity contribution in [2.24, 2.45) is 13.0 Å². The average molecular weight is 342 g/mol. The van der Waals surface area contributed by atoms with Crippen LogP contribution in [0.25, 0.3) is 0 Å². The maximum absolute atomic E-state index is 12.4. The highest BCUT2D eigenvalue weighted by molar-refractivity contribution is 5.92. The lowest BCUT2D eigenvalue weighted by molar-refractivity contribution is -0.120. The number of rotatable bonds is 4. The van der Waals surface area contributed by atoms with E-state index in [0.717, 1.165) is 43.1 Å². The third-order valence-corrected chi connectivity index (χ3v) is 4.54. The van der Waals surface area contributed by atoms with Gasteiger partial charge in [0.2, 0.25) is 5.91 Å². The maximum atomic E-state index is 12.4. The molecular formula is C18H22N4O3. The van der Waals surface area contributed by atoms with Gasteiger partial charge in [-0.25, -0.2) is 4.68 Å². The molecule has 1 N–H and O–H groups in total. The SMILES string of the molecule is COc1ccc(NC(=O)C2CCN(c3cnn(C)c(=O)c3)CC2)cc1. The first-order chi connectivity index (χ1) is 12.1. The fourth-order valence-corrected chi connectivity index (χ4v) is 2.95. The highest BCUT2D eigenvalue weighted by Crippen LogP contribution is 2.23. The molecule has 3 rings (SSSR count). The van der Waals surface area contributed by atoms with Crippen LogP contribution in [0.5, 0.6) is 5.75 Å². The Hall–Kier alpha value is -2.83. The highest BCUT2D eigenvalue weighted by atomic mass is 16.5. The molecule has 1 amide bonds. The number of hydrogen-bond acceptors (Lipinski definition) is 5. The van der Waals surface area contributed by atoms with Crippen LogP contribution in [0.15, 0.2) is 41.3 Å². The van der Waals surface area contributed by atoms with Crippen LogP contribution in [0.2, 0.25) is 0 Å². The van der Waals surface area contributed by atoms with E-state index >= 15 is 0 Å². The molecule has 1 fully saturated rings. The molecule has 1 aliphatic rings. The minimum atomic E-state index is -0.128. The quantitative estimate of drug-likeness (QED) is 0.914. The summed E-state index contributed by atoms with van der Waals surface area (Å²) in [5.41, 5.74) is 1.46. The van der Waals surface area contributed by atoms with Crippen molar-refractivity contribution in [2.75, 3.05) is 30.4 Å². The van der Waals surface area contributed by atoms with E-state index in [1.165, 1.54) is 4.68 Å². The van der Waals surface area contributed by atoms with Crippen molar-refractivity contribution in [1.82, 2.24) is 9.78 Å². The van der Waals surface area contributed by atoms with E-state index in [1.54, 1.807) is 26.4 Å². The molecule has 1 saturated heterocycles. The molecule has 7 heteroatoms. The summed E-state index contributed by atoms with van der Waals surface area (Å²) in [7, 11) is 3.24. The van der Waals surface area contributed by atoms with Gasteiger partial charge in [-0.1, -0.05) is 0 Å². The van der Waals surface area contributed by atoms with Gasteiger partial charge in [0.05, 0.1) is 19.0 Å². The maximum Gasteiger partial charge on any atom is 0.268 e. The molecule has 1 aromatic carbocycles. The Morgan fingerprint density at radius 1 is 1.24 bits per heavy atom. The van der Waals surface area contributed by atoms with Gasteiger partial charge in [-0.2, -0.15) is 5.10 Å². The Bertz CT molecular complexity index is 793. The molecule has 0 unspecified atom stereocenters. The molecule has 0 saturated carbocycles. The minimum absolute atomic E-state index is 0.0298. The van der Waals surface area contributed by atoms with Crippen molar-refractivity contribution in [1.29, 1.82) is 0 Å². The molecule has 1 aromatic heterocycles. The zero-order valence-electron chi connectivity index (χ0n) is 14.4. The van der Waals surface area contributed by atoms with E-state index in [2.05, 4.69) is 15.3 Å².